The molecule has 2 fully saturated rings. The molecule has 0 bridgehead atoms. The van der Waals surface area contributed by atoms with Gasteiger partial charge in [-0.3, -0.25) is 9.59 Å². The molecule has 2 aliphatic rings. The molecule has 0 spiro atoms. The fraction of sp³-hybridized carbons (Fsp3) is 0.800. The summed E-state index contributed by atoms with van der Waals surface area (Å²) in [6.45, 7) is 0.577. The van der Waals surface area contributed by atoms with Crippen LogP contribution in [0.25, 0.3) is 0 Å². The Kier molecular flexibility index (Phi) is 3.93. The van der Waals surface area contributed by atoms with E-state index >= 15 is 0 Å². The molecule has 7 heteroatoms. The maximum Gasteiger partial charge on any atom is 0.222 e. The predicted octanol–water partition coefficient (Wildman–Crippen LogP) is -2.23. The fourth-order valence-corrected chi connectivity index (χ4v) is 2.23. The van der Waals surface area contributed by atoms with Gasteiger partial charge in [0, 0.05) is 6.42 Å². The van der Waals surface area contributed by atoms with Crippen molar-refractivity contribution in [1.29, 1.82) is 0 Å². The van der Waals surface area contributed by atoms with Crippen molar-refractivity contribution in [1.82, 2.24) is 10.6 Å². The van der Waals surface area contributed by atoms with Crippen LogP contribution in [-0.2, 0) is 19.1 Å². The van der Waals surface area contributed by atoms with Gasteiger partial charge in [0.2, 0.25) is 12.3 Å². The van der Waals surface area contributed by atoms with Crippen LogP contribution in [0.4, 0.5) is 0 Å². The van der Waals surface area contributed by atoms with Crippen LogP contribution in [0.1, 0.15) is 6.42 Å². The lowest BCUT2D eigenvalue weighted by Gasteiger charge is -2.17. The highest BCUT2D eigenvalue weighted by molar-refractivity contribution is 5.76. The Balaban J connectivity index is 1.88. The lowest BCUT2D eigenvalue weighted by Crippen LogP contribution is -2.45. The molecule has 3 N–H and O–H groups in total. The maximum atomic E-state index is 11.3. The van der Waals surface area contributed by atoms with Crippen LogP contribution in [0, 0.1) is 0 Å². The first-order valence-corrected chi connectivity index (χ1v) is 5.59. The Morgan fingerprint density at radius 3 is 2.59 bits per heavy atom. The van der Waals surface area contributed by atoms with Crippen molar-refractivity contribution >= 4 is 12.3 Å². The number of aliphatic hydroxyl groups is 1. The van der Waals surface area contributed by atoms with E-state index in [0.717, 1.165) is 0 Å². The van der Waals surface area contributed by atoms with Gasteiger partial charge >= 0.3 is 0 Å². The Hall–Kier alpha value is -1.18. The minimum atomic E-state index is -0.227. The summed E-state index contributed by atoms with van der Waals surface area (Å²) in [6, 6.07) is -0.366. The molecule has 2 aliphatic heterocycles. The second-order valence-corrected chi connectivity index (χ2v) is 4.13. The quantitative estimate of drug-likeness (QED) is 0.475. The average molecular weight is 244 g/mol. The summed E-state index contributed by atoms with van der Waals surface area (Å²) in [5, 5.41) is 14.0. The Morgan fingerprint density at radius 1 is 1.29 bits per heavy atom. The minimum Gasteiger partial charge on any atom is -0.396 e. The number of hydrogen-bond acceptors (Lipinski definition) is 5. The van der Waals surface area contributed by atoms with Crippen LogP contribution < -0.4 is 10.6 Å². The highest BCUT2D eigenvalue weighted by atomic mass is 16.6. The molecule has 2 amide bonds. The van der Waals surface area contributed by atoms with Gasteiger partial charge in [0.25, 0.3) is 0 Å². The minimum absolute atomic E-state index is 0.0733. The first-order chi connectivity index (χ1) is 8.26. The SMILES string of the molecule is O=CNC1COC2C(NC(=O)CCO)COC12. The van der Waals surface area contributed by atoms with Gasteiger partial charge in [-0.1, -0.05) is 0 Å². The van der Waals surface area contributed by atoms with Crippen molar-refractivity contribution < 1.29 is 24.2 Å². The van der Waals surface area contributed by atoms with Crippen molar-refractivity contribution in [2.45, 2.75) is 30.7 Å². The smallest absolute Gasteiger partial charge is 0.222 e. The van der Waals surface area contributed by atoms with Crippen molar-refractivity contribution in [3.63, 3.8) is 0 Å². The number of fused-ring (bicyclic) bond motifs is 1. The van der Waals surface area contributed by atoms with Crippen LogP contribution >= 0.6 is 0 Å². The lowest BCUT2D eigenvalue weighted by molar-refractivity contribution is -0.123. The summed E-state index contributed by atoms with van der Waals surface area (Å²) in [6.07, 6.45) is 0.260. The molecular formula is C10H16N2O5. The van der Waals surface area contributed by atoms with Crippen molar-refractivity contribution in [2.75, 3.05) is 19.8 Å². The number of aliphatic hydroxyl groups excluding tert-OH is 1. The normalized spacial score (nSPS) is 35.4. The zero-order valence-corrected chi connectivity index (χ0v) is 9.30. The Morgan fingerprint density at radius 2 is 1.94 bits per heavy atom. The zero-order chi connectivity index (χ0) is 12.3. The van der Waals surface area contributed by atoms with Crippen LogP contribution in [0.5, 0.6) is 0 Å². The summed E-state index contributed by atoms with van der Waals surface area (Å²) in [5.41, 5.74) is 0. The van der Waals surface area contributed by atoms with Gasteiger partial charge in [0.15, 0.2) is 0 Å². The molecule has 0 aromatic heterocycles. The first-order valence-electron chi connectivity index (χ1n) is 5.59. The van der Waals surface area contributed by atoms with E-state index in [1.807, 2.05) is 0 Å². The Bertz CT molecular complexity index is 298. The monoisotopic (exact) mass is 244 g/mol. The molecule has 0 aromatic rings. The fourth-order valence-electron chi connectivity index (χ4n) is 2.23. The highest BCUT2D eigenvalue weighted by Crippen LogP contribution is 2.26. The molecule has 17 heavy (non-hydrogen) atoms. The number of carbonyl (C=O) groups is 2. The predicted molar refractivity (Wildman–Crippen MR) is 56.1 cm³/mol. The van der Waals surface area contributed by atoms with Crippen molar-refractivity contribution in [3.05, 3.63) is 0 Å². The van der Waals surface area contributed by atoms with Gasteiger partial charge in [-0.2, -0.15) is 0 Å². The largest absolute Gasteiger partial charge is 0.396 e. The van der Waals surface area contributed by atoms with Crippen molar-refractivity contribution in [3.8, 4) is 0 Å². The standard InChI is InChI=1S/C10H16N2O5/c13-2-1-8(15)12-7-4-17-9-6(11-5-14)3-16-10(7)9/h5-7,9-10,13H,1-4H2,(H,11,14)(H,12,15). The van der Waals surface area contributed by atoms with Crippen molar-refractivity contribution in [2.24, 2.45) is 0 Å². The number of hydrogen-bond donors (Lipinski definition) is 3. The third kappa shape index (κ3) is 2.56. The molecule has 7 nitrogen and oxygen atoms in total. The van der Waals surface area contributed by atoms with E-state index < -0.39 is 0 Å². The zero-order valence-electron chi connectivity index (χ0n) is 9.30. The van der Waals surface area contributed by atoms with E-state index in [2.05, 4.69) is 10.6 Å². The molecule has 0 aliphatic carbocycles. The average Bonchev–Trinajstić information content (AvgIpc) is 2.84. The first kappa shape index (κ1) is 12.3. The van der Waals surface area contributed by atoms with Crippen LogP contribution in [0.15, 0.2) is 0 Å². The summed E-state index contributed by atoms with van der Waals surface area (Å²) in [7, 11) is 0. The summed E-state index contributed by atoms with van der Waals surface area (Å²) in [4.78, 5) is 21.7. The number of ether oxygens (including phenoxy) is 2. The number of carbonyl (C=O) groups excluding carboxylic acids is 2. The van der Waals surface area contributed by atoms with Gasteiger partial charge in [0.1, 0.15) is 12.2 Å². The molecule has 0 saturated carbocycles. The van der Waals surface area contributed by atoms with Crippen LogP contribution in [0.3, 0.4) is 0 Å². The van der Waals surface area contributed by atoms with E-state index in [-0.39, 0.29) is 43.2 Å². The molecular weight excluding hydrogens is 228 g/mol. The third-order valence-corrected chi connectivity index (χ3v) is 3.02. The summed E-state index contributed by atoms with van der Waals surface area (Å²) >= 11 is 0. The second-order valence-electron chi connectivity index (χ2n) is 4.13. The molecule has 2 heterocycles. The molecule has 4 unspecified atom stereocenters. The number of nitrogens with one attached hydrogen (secondary N) is 2. The Labute approximate surface area is 98.5 Å². The third-order valence-electron chi connectivity index (χ3n) is 3.02. The molecule has 0 radical (unpaired) electrons. The number of rotatable bonds is 5. The van der Waals surface area contributed by atoms with Gasteiger partial charge in [-0.15, -0.1) is 0 Å². The van der Waals surface area contributed by atoms with E-state index in [4.69, 9.17) is 14.6 Å². The van der Waals surface area contributed by atoms with E-state index in [1.54, 1.807) is 0 Å². The summed E-state index contributed by atoms with van der Waals surface area (Å²) < 4.78 is 11.0. The number of amides is 2. The molecule has 96 valence electrons. The molecule has 2 saturated heterocycles. The van der Waals surface area contributed by atoms with Gasteiger partial charge in [-0.05, 0) is 0 Å². The van der Waals surface area contributed by atoms with E-state index in [1.165, 1.54) is 0 Å². The van der Waals surface area contributed by atoms with Crippen LogP contribution in [0.2, 0.25) is 0 Å². The lowest BCUT2D eigenvalue weighted by atomic mass is 10.1. The highest BCUT2D eigenvalue weighted by Gasteiger charge is 2.47. The van der Waals surface area contributed by atoms with Gasteiger partial charge < -0.3 is 25.2 Å². The van der Waals surface area contributed by atoms with Gasteiger partial charge in [0.05, 0.1) is 31.9 Å². The van der Waals surface area contributed by atoms with E-state index in [0.29, 0.717) is 19.6 Å². The van der Waals surface area contributed by atoms with Gasteiger partial charge in [-0.25, -0.2) is 0 Å². The molecule has 0 aromatic carbocycles. The maximum absolute atomic E-state index is 11.3. The molecule has 4 atom stereocenters. The molecule has 2 rings (SSSR count). The van der Waals surface area contributed by atoms with Crippen LogP contribution in [-0.4, -0.2) is 61.5 Å². The topological polar surface area (TPSA) is 96.9 Å². The second kappa shape index (κ2) is 5.44. The van der Waals surface area contributed by atoms with E-state index in [9.17, 15) is 9.59 Å². The summed E-state index contributed by atoms with van der Waals surface area (Å²) in [5.74, 6) is -0.225.